The van der Waals surface area contributed by atoms with Crippen molar-refractivity contribution in [3.05, 3.63) is 35.6 Å². The van der Waals surface area contributed by atoms with Gasteiger partial charge in [-0.1, -0.05) is 32.4 Å². The van der Waals surface area contributed by atoms with Gasteiger partial charge >= 0.3 is 0 Å². The molecule has 0 aliphatic heterocycles. The standard InChI is InChI=1S/C19H28FN/c1-14(2)12-21-13-19(11-16-6-7-17(19)8-16)10-15-4-3-5-18(20)9-15/h3-5,9,14,16-17,21H,6-8,10-13H2,1-2H3. The Balaban J connectivity index is 1.73. The molecule has 0 heterocycles. The van der Waals surface area contributed by atoms with Crippen LogP contribution in [0.1, 0.15) is 45.1 Å². The van der Waals surface area contributed by atoms with Crippen LogP contribution in [0.2, 0.25) is 0 Å². The zero-order valence-corrected chi connectivity index (χ0v) is 13.4. The third-order valence-electron chi connectivity index (χ3n) is 5.58. The number of hydrogen-bond acceptors (Lipinski definition) is 1. The lowest BCUT2D eigenvalue weighted by atomic mass is 9.69. The average molecular weight is 289 g/mol. The lowest BCUT2D eigenvalue weighted by molar-refractivity contribution is 0.154. The maximum Gasteiger partial charge on any atom is 0.123 e. The van der Waals surface area contributed by atoms with Crippen LogP contribution in [0.5, 0.6) is 0 Å². The van der Waals surface area contributed by atoms with E-state index >= 15 is 0 Å². The van der Waals surface area contributed by atoms with Gasteiger partial charge in [0.2, 0.25) is 0 Å². The van der Waals surface area contributed by atoms with E-state index < -0.39 is 0 Å². The van der Waals surface area contributed by atoms with Gasteiger partial charge in [0, 0.05) is 6.54 Å². The summed E-state index contributed by atoms with van der Waals surface area (Å²) in [5.41, 5.74) is 1.54. The predicted molar refractivity (Wildman–Crippen MR) is 85.7 cm³/mol. The van der Waals surface area contributed by atoms with Crippen LogP contribution in [0.3, 0.4) is 0 Å². The van der Waals surface area contributed by atoms with Gasteiger partial charge in [-0.15, -0.1) is 0 Å². The van der Waals surface area contributed by atoms with Gasteiger partial charge in [-0.25, -0.2) is 4.39 Å². The summed E-state index contributed by atoms with van der Waals surface area (Å²) in [5.74, 6) is 2.35. The molecular formula is C19H28FN. The number of halogens is 1. The normalized spacial score (nSPS) is 31.2. The smallest absolute Gasteiger partial charge is 0.123 e. The Morgan fingerprint density at radius 3 is 2.81 bits per heavy atom. The van der Waals surface area contributed by atoms with E-state index in [2.05, 4.69) is 25.2 Å². The van der Waals surface area contributed by atoms with E-state index in [0.29, 0.717) is 11.3 Å². The van der Waals surface area contributed by atoms with E-state index in [9.17, 15) is 4.39 Å². The summed E-state index contributed by atoms with van der Waals surface area (Å²) >= 11 is 0. The van der Waals surface area contributed by atoms with Crippen molar-refractivity contribution < 1.29 is 4.39 Å². The van der Waals surface area contributed by atoms with E-state index in [-0.39, 0.29) is 5.82 Å². The van der Waals surface area contributed by atoms with Crippen LogP contribution >= 0.6 is 0 Å². The molecule has 0 saturated heterocycles. The first-order valence-electron chi connectivity index (χ1n) is 8.52. The fourth-order valence-electron chi connectivity index (χ4n) is 4.72. The Morgan fingerprint density at radius 2 is 2.19 bits per heavy atom. The monoisotopic (exact) mass is 289 g/mol. The minimum Gasteiger partial charge on any atom is -0.316 e. The largest absolute Gasteiger partial charge is 0.316 e. The van der Waals surface area contributed by atoms with Gasteiger partial charge in [0.1, 0.15) is 5.82 Å². The van der Waals surface area contributed by atoms with Crippen molar-refractivity contribution in [3.8, 4) is 0 Å². The molecule has 0 amide bonds. The Hall–Kier alpha value is -0.890. The minimum absolute atomic E-state index is 0.0963. The molecule has 2 fully saturated rings. The van der Waals surface area contributed by atoms with Gasteiger partial charge in [0.25, 0.3) is 0 Å². The van der Waals surface area contributed by atoms with Crippen LogP contribution < -0.4 is 5.32 Å². The van der Waals surface area contributed by atoms with E-state index in [0.717, 1.165) is 31.3 Å². The van der Waals surface area contributed by atoms with Crippen molar-refractivity contribution in [2.24, 2.45) is 23.2 Å². The first kappa shape index (κ1) is 15.0. The van der Waals surface area contributed by atoms with Crippen molar-refractivity contribution in [2.45, 2.75) is 46.0 Å². The maximum absolute atomic E-state index is 13.5. The summed E-state index contributed by atoms with van der Waals surface area (Å²) in [6.07, 6.45) is 6.57. The molecule has 0 radical (unpaired) electrons. The Kier molecular flexibility index (Phi) is 4.35. The summed E-state index contributed by atoms with van der Waals surface area (Å²) in [6.45, 7) is 6.70. The summed E-state index contributed by atoms with van der Waals surface area (Å²) in [7, 11) is 0. The zero-order chi connectivity index (χ0) is 14.9. The van der Waals surface area contributed by atoms with E-state index in [1.807, 2.05) is 6.07 Å². The predicted octanol–water partition coefficient (Wildman–Crippen LogP) is 4.42. The highest BCUT2D eigenvalue weighted by Gasteiger charge is 2.50. The number of rotatable bonds is 6. The van der Waals surface area contributed by atoms with Gasteiger partial charge in [-0.05, 0) is 73.1 Å². The lowest BCUT2D eigenvalue weighted by Crippen LogP contribution is -2.41. The van der Waals surface area contributed by atoms with E-state index in [1.54, 1.807) is 12.1 Å². The van der Waals surface area contributed by atoms with Crippen molar-refractivity contribution in [1.82, 2.24) is 5.32 Å². The molecule has 0 spiro atoms. The molecule has 3 unspecified atom stereocenters. The molecule has 1 aromatic carbocycles. The Bertz CT molecular complexity index is 484. The lowest BCUT2D eigenvalue weighted by Gasteiger charge is -2.38. The number of nitrogens with one attached hydrogen (secondary N) is 1. The van der Waals surface area contributed by atoms with Crippen LogP contribution in [-0.4, -0.2) is 13.1 Å². The number of fused-ring (bicyclic) bond motifs is 2. The van der Waals surface area contributed by atoms with Crippen molar-refractivity contribution in [1.29, 1.82) is 0 Å². The van der Waals surface area contributed by atoms with Crippen molar-refractivity contribution in [3.63, 3.8) is 0 Å². The van der Waals surface area contributed by atoms with Gasteiger partial charge in [0.15, 0.2) is 0 Å². The summed E-state index contributed by atoms with van der Waals surface area (Å²) in [6, 6.07) is 7.23. The molecule has 0 aromatic heterocycles. The topological polar surface area (TPSA) is 12.0 Å². The average Bonchev–Trinajstić information content (AvgIpc) is 2.99. The number of benzene rings is 1. The third-order valence-corrected chi connectivity index (χ3v) is 5.58. The highest BCUT2D eigenvalue weighted by molar-refractivity contribution is 5.20. The van der Waals surface area contributed by atoms with Gasteiger partial charge in [-0.2, -0.15) is 0 Å². The Morgan fingerprint density at radius 1 is 1.33 bits per heavy atom. The molecule has 2 aliphatic carbocycles. The molecule has 3 rings (SSSR count). The molecular weight excluding hydrogens is 261 g/mol. The first-order chi connectivity index (χ1) is 10.1. The zero-order valence-electron chi connectivity index (χ0n) is 13.4. The maximum atomic E-state index is 13.5. The molecule has 21 heavy (non-hydrogen) atoms. The number of hydrogen-bond donors (Lipinski definition) is 1. The minimum atomic E-state index is -0.0963. The van der Waals surface area contributed by atoms with Crippen LogP contribution in [-0.2, 0) is 6.42 Å². The van der Waals surface area contributed by atoms with E-state index in [4.69, 9.17) is 0 Å². The van der Waals surface area contributed by atoms with E-state index in [1.165, 1.54) is 31.2 Å². The second-order valence-electron chi connectivity index (χ2n) is 7.77. The van der Waals surface area contributed by atoms with Crippen LogP contribution in [0, 0.1) is 29.0 Å². The SMILES string of the molecule is CC(C)CNCC1(Cc2cccc(F)c2)CC2CCC1C2. The molecule has 1 N–H and O–H groups in total. The second-order valence-corrected chi connectivity index (χ2v) is 7.77. The summed E-state index contributed by atoms with van der Waals surface area (Å²) < 4.78 is 13.5. The molecule has 1 nitrogen and oxygen atoms in total. The molecule has 2 saturated carbocycles. The first-order valence-corrected chi connectivity index (χ1v) is 8.52. The van der Waals surface area contributed by atoms with Crippen LogP contribution in [0.25, 0.3) is 0 Å². The summed E-state index contributed by atoms with van der Waals surface area (Å²) in [5, 5.41) is 3.69. The molecule has 2 aliphatic rings. The highest BCUT2D eigenvalue weighted by atomic mass is 19.1. The van der Waals surface area contributed by atoms with Crippen LogP contribution in [0.15, 0.2) is 24.3 Å². The van der Waals surface area contributed by atoms with Gasteiger partial charge in [-0.3, -0.25) is 0 Å². The van der Waals surface area contributed by atoms with Gasteiger partial charge in [0.05, 0.1) is 0 Å². The molecule has 116 valence electrons. The fourth-order valence-corrected chi connectivity index (χ4v) is 4.72. The van der Waals surface area contributed by atoms with Crippen molar-refractivity contribution >= 4 is 0 Å². The highest BCUT2D eigenvalue weighted by Crippen LogP contribution is 2.57. The van der Waals surface area contributed by atoms with Crippen LogP contribution in [0.4, 0.5) is 4.39 Å². The van der Waals surface area contributed by atoms with Gasteiger partial charge < -0.3 is 5.32 Å². The second kappa shape index (κ2) is 6.08. The van der Waals surface area contributed by atoms with Crippen molar-refractivity contribution in [2.75, 3.05) is 13.1 Å². The quantitative estimate of drug-likeness (QED) is 0.817. The fraction of sp³-hybridized carbons (Fsp3) is 0.684. The molecule has 1 aromatic rings. The molecule has 2 heteroatoms. The third kappa shape index (κ3) is 3.31. The molecule has 3 atom stereocenters. The Labute approximate surface area is 128 Å². The summed E-state index contributed by atoms with van der Waals surface area (Å²) in [4.78, 5) is 0. The molecule has 2 bridgehead atoms.